The van der Waals surface area contributed by atoms with Gasteiger partial charge in [0, 0.05) is 31.9 Å². The molecule has 5 heteroatoms. The Kier molecular flexibility index (Phi) is 4.50. The number of pyridine rings is 1. The number of aryl methyl sites for hydroxylation is 2. The van der Waals surface area contributed by atoms with Gasteiger partial charge in [0.1, 0.15) is 23.7 Å². The Labute approximate surface area is 158 Å². The van der Waals surface area contributed by atoms with Crippen LogP contribution in [-0.2, 0) is 13.7 Å². The van der Waals surface area contributed by atoms with Crippen LogP contribution in [0, 0.1) is 6.92 Å². The number of hydrogen-bond donors (Lipinski definition) is 0. The van der Waals surface area contributed by atoms with Gasteiger partial charge in [-0.05, 0) is 24.1 Å². The Morgan fingerprint density at radius 2 is 1.85 bits per heavy atom. The number of benzene rings is 2. The van der Waals surface area contributed by atoms with Crippen molar-refractivity contribution in [2.45, 2.75) is 13.5 Å². The monoisotopic (exact) mass is 358 g/mol. The number of aromatic nitrogens is 3. The fraction of sp³-hybridized carbons (Fsp3) is 0.182. The fourth-order valence-corrected chi connectivity index (χ4v) is 3.11. The van der Waals surface area contributed by atoms with E-state index in [4.69, 9.17) is 4.74 Å². The summed E-state index contributed by atoms with van der Waals surface area (Å²) in [6.07, 6.45) is 3.62. The Morgan fingerprint density at radius 1 is 1.04 bits per heavy atom. The van der Waals surface area contributed by atoms with Gasteiger partial charge in [0.25, 0.3) is 0 Å². The lowest BCUT2D eigenvalue weighted by molar-refractivity contribution is 0.306. The third-order valence-corrected chi connectivity index (χ3v) is 4.73. The second-order valence-corrected chi connectivity index (χ2v) is 6.67. The van der Waals surface area contributed by atoms with Gasteiger partial charge in [-0.2, -0.15) is 0 Å². The zero-order valence-corrected chi connectivity index (χ0v) is 15.8. The van der Waals surface area contributed by atoms with Crippen molar-refractivity contribution < 1.29 is 4.74 Å². The first-order valence-corrected chi connectivity index (χ1v) is 8.90. The number of ether oxygens (including phenoxy) is 1. The maximum Gasteiger partial charge on any atom is 0.134 e. The summed E-state index contributed by atoms with van der Waals surface area (Å²) in [4.78, 5) is 11.0. The Balaban J connectivity index is 1.60. The molecule has 0 aliphatic rings. The maximum atomic E-state index is 5.99. The normalized spacial score (nSPS) is 10.9. The van der Waals surface area contributed by atoms with Crippen LogP contribution in [0.4, 0.5) is 11.5 Å². The predicted molar refractivity (Wildman–Crippen MR) is 109 cm³/mol. The Bertz CT molecular complexity index is 1070. The summed E-state index contributed by atoms with van der Waals surface area (Å²) in [5.41, 5.74) is 5.33. The van der Waals surface area contributed by atoms with Crippen LogP contribution in [0.5, 0.6) is 5.75 Å². The third kappa shape index (κ3) is 3.49. The first-order chi connectivity index (χ1) is 13.1. The molecule has 0 N–H and O–H groups in total. The predicted octanol–water partition coefficient (Wildman–Crippen LogP) is 4.62. The Morgan fingerprint density at radius 3 is 2.67 bits per heavy atom. The minimum Gasteiger partial charge on any atom is -0.489 e. The average molecular weight is 358 g/mol. The lowest BCUT2D eigenvalue weighted by atomic mass is 10.1. The molecule has 0 aliphatic heterocycles. The zero-order chi connectivity index (χ0) is 18.8. The van der Waals surface area contributed by atoms with Gasteiger partial charge in [-0.15, -0.1) is 0 Å². The molecule has 0 fully saturated rings. The molecule has 0 atom stereocenters. The van der Waals surface area contributed by atoms with Gasteiger partial charge >= 0.3 is 0 Å². The zero-order valence-electron chi connectivity index (χ0n) is 15.8. The average Bonchev–Trinajstić information content (AvgIpc) is 3.08. The summed E-state index contributed by atoms with van der Waals surface area (Å²) >= 11 is 0. The third-order valence-electron chi connectivity index (χ3n) is 4.73. The van der Waals surface area contributed by atoms with E-state index >= 15 is 0 Å². The van der Waals surface area contributed by atoms with Gasteiger partial charge in [-0.3, -0.25) is 0 Å². The fourth-order valence-electron chi connectivity index (χ4n) is 3.11. The van der Waals surface area contributed by atoms with Crippen LogP contribution >= 0.6 is 0 Å². The molecule has 2 heterocycles. The van der Waals surface area contributed by atoms with E-state index < -0.39 is 0 Å². The molecule has 0 saturated heterocycles. The SMILES string of the molecule is Cc1ccc(OCc2ccccc2)cc1N(C)c1cc2c(cn1)ncn2C. The van der Waals surface area contributed by atoms with Crippen molar-refractivity contribution in [3.05, 3.63) is 78.2 Å². The van der Waals surface area contributed by atoms with E-state index in [1.165, 1.54) is 0 Å². The van der Waals surface area contributed by atoms with Crippen LogP contribution in [0.2, 0.25) is 0 Å². The lowest BCUT2D eigenvalue weighted by Gasteiger charge is -2.21. The van der Waals surface area contributed by atoms with E-state index in [2.05, 4.69) is 52.1 Å². The van der Waals surface area contributed by atoms with Gasteiger partial charge < -0.3 is 14.2 Å². The smallest absolute Gasteiger partial charge is 0.134 e. The van der Waals surface area contributed by atoms with Crippen molar-refractivity contribution in [1.29, 1.82) is 0 Å². The maximum absolute atomic E-state index is 5.99. The topological polar surface area (TPSA) is 43.2 Å². The summed E-state index contributed by atoms with van der Waals surface area (Å²) in [5.74, 6) is 1.71. The second kappa shape index (κ2) is 7.11. The molecule has 4 rings (SSSR count). The largest absolute Gasteiger partial charge is 0.489 e. The van der Waals surface area contributed by atoms with Gasteiger partial charge in [-0.25, -0.2) is 9.97 Å². The van der Waals surface area contributed by atoms with Crippen LogP contribution in [0.1, 0.15) is 11.1 Å². The summed E-state index contributed by atoms with van der Waals surface area (Å²) in [6, 6.07) is 18.4. The molecule has 2 aromatic heterocycles. The molecule has 4 aromatic rings. The molecule has 0 saturated carbocycles. The van der Waals surface area contributed by atoms with Crippen molar-refractivity contribution in [3.63, 3.8) is 0 Å². The highest BCUT2D eigenvalue weighted by atomic mass is 16.5. The first kappa shape index (κ1) is 17.1. The molecule has 0 bridgehead atoms. The molecule has 0 spiro atoms. The number of nitrogens with zero attached hydrogens (tertiary/aromatic N) is 4. The molecule has 0 aliphatic carbocycles. The van der Waals surface area contributed by atoms with Crippen LogP contribution in [0.25, 0.3) is 11.0 Å². The highest BCUT2D eigenvalue weighted by Gasteiger charge is 2.12. The molecule has 2 aromatic carbocycles. The number of anilines is 2. The second-order valence-electron chi connectivity index (χ2n) is 6.67. The van der Waals surface area contributed by atoms with Gasteiger partial charge in [-0.1, -0.05) is 36.4 Å². The molecular formula is C22H22N4O. The van der Waals surface area contributed by atoms with E-state index in [-0.39, 0.29) is 0 Å². The standard InChI is InChI=1S/C22H22N4O/c1-16-9-10-18(27-14-17-7-5-4-6-8-17)11-20(16)26(3)22-12-21-19(13-23-22)24-15-25(21)2/h4-13,15H,14H2,1-3H3. The Hall–Kier alpha value is -3.34. The van der Waals surface area contributed by atoms with Crippen molar-refractivity contribution in [2.75, 3.05) is 11.9 Å². The minimum atomic E-state index is 0.548. The van der Waals surface area contributed by atoms with Crippen molar-refractivity contribution in [3.8, 4) is 5.75 Å². The van der Waals surface area contributed by atoms with Gasteiger partial charge in [0.05, 0.1) is 18.0 Å². The van der Waals surface area contributed by atoms with Crippen molar-refractivity contribution >= 4 is 22.5 Å². The molecular weight excluding hydrogens is 336 g/mol. The van der Waals surface area contributed by atoms with Crippen LogP contribution in [0.15, 0.2) is 67.1 Å². The van der Waals surface area contributed by atoms with Crippen LogP contribution in [0.3, 0.4) is 0 Å². The van der Waals surface area contributed by atoms with E-state index in [1.54, 1.807) is 6.33 Å². The lowest BCUT2D eigenvalue weighted by Crippen LogP contribution is -2.12. The van der Waals surface area contributed by atoms with Gasteiger partial charge in [0.15, 0.2) is 0 Å². The molecule has 0 unspecified atom stereocenters. The number of imidazole rings is 1. The quantitative estimate of drug-likeness (QED) is 0.522. The number of rotatable bonds is 5. The van der Waals surface area contributed by atoms with Crippen LogP contribution < -0.4 is 9.64 Å². The highest BCUT2D eigenvalue weighted by Crippen LogP contribution is 2.30. The van der Waals surface area contributed by atoms with E-state index in [0.717, 1.165) is 39.4 Å². The summed E-state index contributed by atoms with van der Waals surface area (Å²) in [5, 5.41) is 0. The summed E-state index contributed by atoms with van der Waals surface area (Å²) in [6.45, 7) is 2.64. The highest BCUT2D eigenvalue weighted by molar-refractivity contribution is 5.79. The summed E-state index contributed by atoms with van der Waals surface area (Å²) in [7, 11) is 4.01. The molecule has 0 amide bonds. The van der Waals surface area contributed by atoms with E-state index in [0.29, 0.717) is 6.61 Å². The molecule has 27 heavy (non-hydrogen) atoms. The van der Waals surface area contributed by atoms with Crippen molar-refractivity contribution in [2.24, 2.45) is 7.05 Å². The summed E-state index contributed by atoms with van der Waals surface area (Å²) < 4.78 is 7.99. The number of fused-ring (bicyclic) bond motifs is 1. The van der Waals surface area contributed by atoms with E-state index in [9.17, 15) is 0 Å². The molecule has 5 nitrogen and oxygen atoms in total. The van der Waals surface area contributed by atoms with E-state index in [1.807, 2.05) is 49.1 Å². The molecule has 0 radical (unpaired) electrons. The first-order valence-electron chi connectivity index (χ1n) is 8.90. The van der Waals surface area contributed by atoms with Gasteiger partial charge in [0.2, 0.25) is 0 Å². The number of hydrogen-bond acceptors (Lipinski definition) is 4. The van der Waals surface area contributed by atoms with Crippen molar-refractivity contribution in [1.82, 2.24) is 14.5 Å². The van der Waals surface area contributed by atoms with Crippen LogP contribution in [-0.4, -0.2) is 21.6 Å². The minimum absolute atomic E-state index is 0.548. The molecule has 136 valence electrons.